The van der Waals surface area contributed by atoms with Gasteiger partial charge in [-0.1, -0.05) is 37.1 Å². The highest BCUT2D eigenvalue weighted by atomic mass is 35.5. The zero-order valence-electron chi connectivity index (χ0n) is 14.0. The number of carbonyl (C=O) groups is 1. The summed E-state index contributed by atoms with van der Waals surface area (Å²) in [6.45, 7) is 4.77. The minimum Gasteiger partial charge on any atom is -0.494 e. The number of benzene rings is 2. The van der Waals surface area contributed by atoms with E-state index in [4.69, 9.17) is 16.3 Å². The van der Waals surface area contributed by atoms with Gasteiger partial charge in [0.25, 0.3) is 0 Å². The summed E-state index contributed by atoms with van der Waals surface area (Å²) < 4.78 is 5.61. The normalized spacial score (nSPS) is 10.8. The molecule has 24 heavy (non-hydrogen) atoms. The number of aryl methyl sites for hydroxylation is 1. The molecule has 0 aliphatic carbocycles. The number of rotatable bonds is 7. The summed E-state index contributed by atoms with van der Waals surface area (Å²) in [5.41, 5.74) is 2.63. The van der Waals surface area contributed by atoms with Crippen LogP contribution in [0.2, 0.25) is 5.02 Å². The van der Waals surface area contributed by atoms with Crippen molar-refractivity contribution in [3.05, 3.63) is 64.7 Å². The zero-order chi connectivity index (χ0) is 17.4. The Hall–Kier alpha value is -2.26. The van der Waals surface area contributed by atoms with Crippen molar-refractivity contribution >= 4 is 29.3 Å². The molecule has 0 aliphatic heterocycles. The summed E-state index contributed by atoms with van der Waals surface area (Å²) >= 11 is 5.91. The Kier molecular flexibility index (Phi) is 6.89. The van der Waals surface area contributed by atoms with Crippen LogP contribution in [0.1, 0.15) is 30.9 Å². The largest absolute Gasteiger partial charge is 0.494 e. The Balaban J connectivity index is 1.91. The van der Waals surface area contributed by atoms with Gasteiger partial charge in [-0.05, 0) is 60.9 Å². The molecular weight excluding hydrogens is 322 g/mol. The van der Waals surface area contributed by atoms with Gasteiger partial charge in [0.1, 0.15) is 5.75 Å². The lowest BCUT2D eigenvalue weighted by Gasteiger charge is -2.06. The lowest BCUT2D eigenvalue weighted by atomic mass is 10.2. The fraction of sp³-hybridized carbons (Fsp3) is 0.250. The fourth-order valence-electron chi connectivity index (χ4n) is 2.12. The molecule has 0 unspecified atom stereocenters. The molecule has 0 spiro atoms. The second-order valence-corrected chi connectivity index (χ2v) is 5.99. The van der Waals surface area contributed by atoms with Crippen LogP contribution in [0.3, 0.4) is 0 Å². The highest BCUT2D eigenvalue weighted by Gasteiger charge is 2.02. The van der Waals surface area contributed by atoms with Crippen molar-refractivity contribution in [3.63, 3.8) is 0 Å². The minimum atomic E-state index is -0.177. The monoisotopic (exact) mass is 343 g/mol. The van der Waals surface area contributed by atoms with E-state index in [9.17, 15) is 4.79 Å². The Morgan fingerprint density at radius 3 is 2.62 bits per heavy atom. The zero-order valence-corrected chi connectivity index (χ0v) is 14.8. The van der Waals surface area contributed by atoms with Crippen molar-refractivity contribution in [1.29, 1.82) is 0 Å². The van der Waals surface area contributed by atoms with Crippen molar-refractivity contribution in [2.75, 3.05) is 11.9 Å². The molecule has 3 nitrogen and oxygen atoms in total. The van der Waals surface area contributed by atoms with Crippen LogP contribution < -0.4 is 10.1 Å². The number of anilines is 1. The van der Waals surface area contributed by atoms with E-state index in [0.29, 0.717) is 5.02 Å². The predicted octanol–water partition coefficient (Wildman–Crippen LogP) is 5.48. The first kappa shape index (κ1) is 18.1. The van der Waals surface area contributed by atoms with Crippen LogP contribution in [0.4, 0.5) is 5.69 Å². The molecule has 0 aromatic heterocycles. The molecule has 4 heteroatoms. The predicted molar refractivity (Wildman–Crippen MR) is 101 cm³/mol. The van der Waals surface area contributed by atoms with E-state index in [2.05, 4.69) is 12.2 Å². The third-order valence-corrected chi connectivity index (χ3v) is 3.76. The molecule has 0 radical (unpaired) electrons. The maximum atomic E-state index is 12.0. The van der Waals surface area contributed by atoms with Crippen molar-refractivity contribution in [2.24, 2.45) is 0 Å². The molecule has 126 valence electrons. The number of unbranched alkanes of at least 4 members (excludes halogenated alkanes) is 1. The number of amides is 1. The highest BCUT2D eigenvalue weighted by Crippen LogP contribution is 2.19. The molecule has 2 aromatic carbocycles. The Labute approximate surface area is 148 Å². The van der Waals surface area contributed by atoms with Gasteiger partial charge in [-0.15, -0.1) is 0 Å². The van der Waals surface area contributed by atoms with Crippen LogP contribution in [-0.2, 0) is 4.79 Å². The van der Waals surface area contributed by atoms with Crippen LogP contribution in [0, 0.1) is 6.92 Å². The molecule has 0 bridgehead atoms. The average Bonchev–Trinajstić information content (AvgIpc) is 2.57. The van der Waals surface area contributed by atoms with Crippen molar-refractivity contribution in [2.45, 2.75) is 26.7 Å². The maximum absolute atomic E-state index is 12.0. The molecule has 0 aliphatic rings. The molecule has 2 aromatic rings. The number of hydrogen-bond acceptors (Lipinski definition) is 2. The molecule has 1 amide bonds. The summed E-state index contributed by atoms with van der Waals surface area (Å²) in [7, 11) is 0. The first-order valence-electron chi connectivity index (χ1n) is 8.06. The van der Waals surface area contributed by atoms with E-state index >= 15 is 0 Å². The number of hydrogen-bond donors (Lipinski definition) is 1. The average molecular weight is 344 g/mol. The van der Waals surface area contributed by atoms with Gasteiger partial charge in [0.15, 0.2) is 0 Å². The number of nitrogens with one attached hydrogen (secondary N) is 1. The summed E-state index contributed by atoms with van der Waals surface area (Å²) in [4.78, 5) is 12.0. The second-order valence-electron chi connectivity index (χ2n) is 5.55. The Morgan fingerprint density at radius 2 is 1.96 bits per heavy atom. The smallest absolute Gasteiger partial charge is 0.248 e. The molecule has 0 atom stereocenters. The summed E-state index contributed by atoms with van der Waals surface area (Å²) in [5.74, 6) is 0.672. The molecule has 0 fully saturated rings. The van der Waals surface area contributed by atoms with Crippen LogP contribution in [0.25, 0.3) is 6.08 Å². The fourth-order valence-corrected chi connectivity index (χ4v) is 2.35. The molecule has 0 heterocycles. The Bertz CT molecular complexity index is 708. The third kappa shape index (κ3) is 5.74. The van der Waals surface area contributed by atoms with Gasteiger partial charge < -0.3 is 10.1 Å². The first-order valence-corrected chi connectivity index (χ1v) is 8.44. The SMILES string of the molecule is CCCCOc1ccc(C=CC(=O)Nc2ccc(Cl)cc2C)cc1. The quantitative estimate of drug-likeness (QED) is 0.534. The van der Waals surface area contributed by atoms with Crippen LogP contribution in [-0.4, -0.2) is 12.5 Å². The van der Waals surface area contributed by atoms with E-state index in [1.165, 1.54) is 6.08 Å². The molecule has 1 N–H and O–H groups in total. The van der Waals surface area contributed by atoms with E-state index < -0.39 is 0 Å². The lowest BCUT2D eigenvalue weighted by molar-refractivity contribution is -0.111. The van der Waals surface area contributed by atoms with Gasteiger partial charge in [0.05, 0.1) is 6.61 Å². The van der Waals surface area contributed by atoms with Gasteiger partial charge in [0, 0.05) is 16.8 Å². The summed E-state index contributed by atoms with van der Waals surface area (Å²) in [6, 6.07) is 13.1. The van der Waals surface area contributed by atoms with Gasteiger partial charge in [0.2, 0.25) is 5.91 Å². The van der Waals surface area contributed by atoms with Crippen LogP contribution >= 0.6 is 11.6 Å². The number of carbonyl (C=O) groups excluding carboxylic acids is 1. The van der Waals surface area contributed by atoms with Gasteiger partial charge in [-0.2, -0.15) is 0 Å². The van der Waals surface area contributed by atoms with Gasteiger partial charge in [-0.25, -0.2) is 0 Å². The van der Waals surface area contributed by atoms with Crippen LogP contribution in [0.15, 0.2) is 48.5 Å². The Morgan fingerprint density at radius 1 is 1.21 bits per heavy atom. The van der Waals surface area contributed by atoms with Gasteiger partial charge in [-0.3, -0.25) is 4.79 Å². The van der Waals surface area contributed by atoms with Crippen molar-refractivity contribution in [1.82, 2.24) is 0 Å². The molecule has 0 saturated heterocycles. The summed E-state index contributed by atoms with van der Waals surface area (Å²) in [5, 5.41) is 3.50. The topological polar surface area (TPSA) is 38.3 Å². The van der Waals surface area contributed by atoms with Crippen molar-refractivity contribution < 1.29 is 9.53 Å². The number of halogens is 1. The standard InChI is InChI=1S/C20H22ClNO2/c1-3-4-13-24-18-9-5-16(6-10-18)7-12-20(23)22-19-11-8-17(21)14-15(19)2/h5-12,14H,3-4,13H2,1-2H3,(H,22,23). The minimum absolute atomic E-state index is 0.177. The molecular formula is C20H22ClNO2. The lowest BCUT2D eigenvalue weighted by Crippen LogP contribution is -2.08. The van der Waals surface area contributed by atoms with Crippen LogP contribution in [0.5, 0.6) is 5.75 Å². The first-order chi connectivity index (χ1) is 11.6. The third-order valence-electron chi connectivity index (χ3n) is 3.52. The van der Waals surface area contributed by atoms with Gasteiger partial charge >= 0.3 is 0 Å². The van der Waals surface area contributed by atoms with E-state index in [1.54, 1.807) is 18.2 Å². The highest BCUT2D eigenvalue weighted by molar-refractivity contribution is 6.30. The summed E-state index contributed by atoms with van der Waals surface area (Å²) in [6.07, 6.45) is 5.45. The maximum Gasteiger partial charge on any atom is 0.248 e. The van der Waals surface area contributed by atoms with E-state index in [0.717, 1.165) is 42.0 Å². The number of ether oxygens (including phenoxy) is 1. The van der Waals surface area contributed by atoms with E-state index in [1.807, 2.05) is 37.3 Å². The van der Waals surface area contributed by atoms with E-state index in [-0.39, 0.29) is 5.91 Å². The van der Waals surface area contributed by atoms with Crippen molar-refractivity contribution in [3.8, 4) is 5.75 Å². The molecule has 0 saturated carbocycles. The molecule has 2 rings (SSSR count). The second kappa shape index (κ2) is 9.14.